The fourth-order valence-corrected chi connectivity index (χ4v) is 4.19. The number of ether oxygens (including phenoxy) is 1. The van der Waals surface area contributed by atoms with Crippen LogP contribution < -0.4 is 16.6 Å². The van der Waals surface area contributed by atoms with Gasteiger partial charge >= 0.3 is 11.8 Å². The zero-order valence-electron chi connectivity index (χ0n) is 18.3. The van der Waals surface area contributed by atoms with E-state index in [2.05, 4.69) is 56.4 Å². The number of aromatic amines is 2. The predicted molar refractivity (Wildman–Crippen MR) is 127 cm³/mol. The third-order valence-electron chi connectivity index (χ3n) is 5.82. The van der Waals surface area contributed by atoms with Crippen LogP contribution in [0.2, 0.25) is 0 Å². The lowest BCUT2D eigenvalue weighted by Gasteiger charge is -2.14. The molecule has 9 nitrogen and oxygen atoms in total. The van der Waals surface area contributed by atoms with Gasteiger partial charge in [0, 0.05) is 25.9 Å². The molecule has 1 aliphatic rings. The van der Waals surface area contributed by atoms with E-state index in [9.17, 15) is 14.4 Å². The van der Waals surface area contributed by atoms with E-state index in [1.165, 1.54) is 22.7 Å². The highest BCUT2D eigenvalue weighted by Crippen LogP contribution is 2.44. The van der Waals surface area contributed by atoms with Gasteiger partial charge in [0.25, 0.3) is 5.56 Å². The van der Waals surface area contributed by atoms with Crippen LogP contribution in [-0.2, 0) is 11.8 Å². The van der Waals surface area contributed by atoms with Gasteiger partial charge in [0.1, 0.15) is 6.61 Å². The van der Waals surface area contributed by atoms with E-state index < -0.39 is 17.3 Å². The minimum absolute atomic E-state index is 0.00476. The molecular formula is C25H21N5O4. The third kappa shape index (κ3) is 3.86. The molecule has 0 aliphatic heterocycles. The number of nitrogens with zero attached hydrogens (tertiary/aromatic N) is 2. The number of nitrogens with one attached hydrogen (secondary N) is 3. The Labute approximate surface area is 193 Å². The van der Waals surface area contributed by atoms with Crippen molar-refractivity contribution in [3.63, 3.8) is 0 Å². The molecule has 0 spiro atoms. The number of aryl methyl sites for hydroxylation is 1. The standard InChI is InChI=1S/C25H21N5O4/c1-30-22-21(23(31)29-24(30)32)27-20(28-22)12-6-7-13-26-25(33)34-14-19-17-10-4-2-8-15(17)16-9-3-5-11-18(16)19/h2-5,8-11,19H,7,13-14H2,1H3,(H,26,33)(H,27,28)(H,29,31,32). The van der Waals surface area contributed by atoms with Crippen molar-refractivity contribution in [2.45, 2.75) is 12.3 Å². The lowest BCUT2D eigenvalue weighted by atomic mass is 9.98. The molecule has 0 fully saturated rings. The summed E-state index contributed by atoms with van der Waals surface area (Å²) in [5.41, 5.74) is 3.99. The molecule has 0 saturated heterocycles. The molecule has 0 saturated carbocycles. The van der Waals surface area contributed by atoms with Gasteiger partial charge in [0.2, 0.25) is 0 Å². The number of alkyl carbamates (subject to hydrolysis) is 1. The Kier molecular flexibility index (Phi) is 5.47. The van der Waals surface area contributed by atoms with E-state index in [-0.39, 0.29) is 29.5 Å². The Bertz CT molecular complexity index is 1540. The Balaban J connectivity index is 1.16. The smallest absolute Gasteiger partial charge is 0.407 e. The fraction of sp³-hybridized carbons (Fsp3) is 0.200. The molecule has 0 bridgehead atoms. The van der Waals surface area contributed by atoms with Gasteiger partial charge in [0.15, 0.2) is 17.0 Å². The normalized spacial score (nSPS) is 12.0. The molecule has 9 heteroatoms. The topological polar surface area (TPSA) is 122 Å². The molecule has 1 amide bonds. The van der Waals surface area contributed by atoms with Gasteiger partial charge in [-0.2, -0.15) is 0 Å². The monoisotopic (exact) mass is 455 g/mol. The highest BCUT2D eigenvalue weighted by atomic mass is 16.5. The van der Waals surface area contributed by atoms with E-state index in [0.29, 0.717) is 13.0 Å². The predicted octanol–water partition coefficient (Wildman–Crippen LogP) is 2.23. The highest BCUT2D eigenvalue weighted by Gasteiger charge is 2.28. The van der Waals surface area contributed by atoms with Gasteiger partial charge < -0.3 is 15.0 Å². The van der Waals surface area contributed by atoms with Gasteiger partial charge in [-0.25, -0.2) is 14.6 Å². The summed E-state index contributed by atoms with van der Waals surface area (Å²) in [7, 11) is 1.51. The van der Waals surface area contributed by atoms with Gasteiger partial charge in [0.05, 0.1) is 0 Å². The summed E-state index contributed by atoms with van der Waals surface area (Å²) in [6.07, 6.45) is -0.148. The molecule has 2 aromatic heterocycles. The van der Waals surface area contributed by atoms with Crippen molar-refractivity contribution >= 4 is 17.3 Å². The van der Waals surface area contributed by atoms with Crippen molar-refractivity contribution < 1.29 is 9.53 Å². The van der Waals surface area contributed by atoms with Crippen molar-refractivity contribution in [3.8, 4) is 23.0 Å². The number of carbonyl (C=O) groups is 1. The number of amides is 1. The lowest BCUT2D eigenvalue weighted by Crippen LogP contribution is -2.28. The van der Waals surface area contributed by atoms with Gasteiger partial charge in [-0.3, -0.25) is 14.3 Å². The Hall–Kier alpha value is -4.58. The average Bonchev–Trinajstić information content (AvgIpc) is 3.41. The van der Waals surface area contributed by atoms with Crippen molar-refractivity contribution in [2.24, 2.45) is 7.05 Å². The second kappa shape index (κ2) is 8.75. The Morgan fingerprint density at radius 1 is 1.09 bits per heavy atom. The molecule has 0 radical (unpaired) electrons. The molecule has 1 aliphatic carbocycles. The Morgan fingerprint density at radius 2 is 1.76 bits per heavy atom. The van der Waals surface area contributed by atoms with Crippen LogP contribution in [0, 0.1) is 11.8 Å². The van der Waals surface area contributed by atoms with Crippen molar-refractivity contribution in [3.05, 3.63) is 86.3 Å². The summed E-state index contributed by atoms with van der Waals surface area (Å²) in [5.74, 6) is 5.96. The summed E-state index contributed by atoms with van der Waals surface area (Å²) >= 11 is 0. The molecule has 34 heavy (non-hydrogen) atoms. The number of fused-ring (bicyclic) bond motifs is 4. The summed E-state index contributed by atoms with van der Waals surface area (Å²) in [6.45, 7) is 0.542. The molecule has 0 atom stereocenters. The highest BCUT2D eigenvalue weighted by molar-refractivity contribution is 5.79. The van der Waals surface area contributed by atoms with Crippen LogP contribution in [-0.4, -0.2) is 38.8 Å². The minimum atomic E-state index is -0.546. The fourth-order valence-electron chi connectivity index (χ4n) is 4.19. The molecule has 2 aromatic carbocycles. The molecule has 2 heterocycles. The van der Waals surface area contributed by atoms with Gasteiger partial charge in [-0.05, 0) is 28.2 Å². The number of hydrogen-bond donors (Lipinski definition) is 3. The second-order valence-corrected chi connectivity index (χ2v) is 7.91. The zero-order valence-corrected chi connectivity index (χ0v) is 18.3. The first kappa shape index (κ1) is 21.3. The molecular weight excluding hydrogens is 434 g/mol. The van der Waals surface area contributed by atoms with Crippen LogP contribution in [0.4, 0.5) is 4.79 Å². The van der Waals surface area contributed by atoms with E-state index in [0.717, 1.165) is 11.1 Å². The van der Waals surface area contributed by atoms with E-state index in [4.69, 9.17) is 4.74 Å². The number of H-pyrrole nitrogens is 2. The van der Waals surface area contributed by atoms with Crippen molar-refractivity contribution in [1.82, 2.24) is 24.8 Å². The number of rotatable bonds is 4. The van der Waals surface area contributed by atoms with Crippen LogP contribution >= 0.6 is 0 Å². The summed E-state index contributed by atoms with van der Waals surface area (Å²) < 4.78 is 6.73. The van der Waals surface area contributed by atoms with Crippen LogP contribution in [0.1, 0.15) is 29.3 Å². The van der Waals surface area contributed by atoms with Gasteiger partial charge in [-0.15, -0.1) is 0 Å². The lowest BCUT2D eigenvalue weighted by molar-refractivity contribution is 0.143. The van der Waals surface area contributed by atoms with Gasteiger partial charge in [-0.1, -0.05) is 54.5 Å². The SMILES string of the molecule is Cn1c(=O)[nH]c(=O)c2[nH]c(C#CCCNC(=O)OCC3c4ccccc4-c4ccccc43)nc21. The summed E-state index contributed by atoms with van der Waals surface area (Å²) in [5, 5.41) is 2.70. The van der Waals surface area contributed by atoms with Crippen LogP contribution in [0.25, 0.3) is 22.3 Å². The van der Waals surface area contributed by atoms with Crippen LogP contribution in [0.5, 0.6) is 0 Å². The molecule has 4 aromatic rings. The maximum atomic E-state index is 12.2. The first-order valence-electron chi connectivity index (χ1n) is 10.8. The summed E-state index contributed by atoms with van der Waals surface area (Å²) in [4.78, 5) is 44.9. The Morgan fingerprint density at radius 3 is 2.47 bits per heavy atom. The number of benzene rings is 2. The van der Waals surface area contributed by atoms with Crippen molar-refractivity contribution in [2.75, 3.05) is 13.2 Å². The molecule has 0 unspecified atom stereocenters. The molecule has 5 rings (SSSR count). The maximum absolute atomic E-state index is 12.2. The number of aromatic nitrogens is 4. The van der Waals surface area contributed by atoms with E-state index >= 15 is 0 Å². The van der Waals surface area contributed by atoms with Crippen molar-refractivity contribution in [1.29, 1.82) is 0 Å². The number of imidazole rings is 1. The molecule has 3 N–H and O–H groups in total. The van der Waals surface area contributed by atoms with E-state index in [1.54, 1.807) is 0 Å². The average molecular weight is 455 g/mol. The largest absolute Gasteiger partial charge is 0.449 e. The number of carbonyl (C=O) groups excluding carboxylic acids is 1. The van der Waals surface area contributed by atoms with Crippen LogP contribution in [0.3, 0.4) is 0 Å². The zero-order chi connectivity index (χ0) is 23.7. The summed E-state index contributed by atoms with van der Waals surface area (Å²) in [6, 6.07) is 16.3. The minimum Gasteiger partial charge on any atom is -0.449 e. The third-order valence-corrected chi connectivity index (χ3v) is 5.82. The van der Waals surface area contributed by atoms with Crippen LogP contribution in [0.15, 0.2) is 58.1 Å². The maximum Gasteiger partial charge on any atom is 0.407 e. The number of hydrogen-bond acceptors (Lipinski definition) is 5. The van der Waals surface area contributed by atoms with E-state index in [1.807, 2.05) is 24.3 Å². The quantitative estimate of drug-likeness (QED) is 0.322. The second-order valence-electron chi connectivity index (χ2n) is 7.91. The first-order valence-corrected chi connectivity index (χ1v) is 10.8. The molecule has 170 valence electrons. The first-order chi connectivity index (χ1) is 16.5.